The quantitative estimate of drug-likeness (QED) is 0.824. The number of nitrogens with one attached hydrogen (secondary N) is 1. The van der Waals surface area contributed by atoms with Gasteiger partial charge in [-0.25, -0.2) is 12.7 Å². The Morgan fingerprint density at radius 1 is 1.15 bits per heavy atom. The fraction of sp³-hybridized carbons (Fsp3) is 0.222. The molecule has 1 aliphatic heterocycles. The number of hydrogen-bond donors (Lipinski definition) is 2. The predicted octanol–water partition coefficient (Wildman–Crippen LogP) is 1.43. The largest absolute Gasteiger partial charge is 0.508 e. The average molecular weight is 374 g/mol. The molecule has 1 heterocycles. The molecule has 2 aromatic carbocycles. The fourth-order valence-corrected chi connectivity index (χ4v) is 4.23. The Labute approximate surface area is 151 Å². The summed E-state index contributed by atoms with van der Waals surface area (Å²) in [6, 6.07) is 12.8. The van der Waals surface area contributed by atoms with Crippen molar-refractivity contribution < 1.29 is 23.1 Å². The molecule has 1 fully saturated rings. The minimum absolute atomic E-state index is 0.0562. The summed E-state index contributed by atoms with van der Waals surface area (Å²) in [4.78, 5) is 24.2. The first-order valence-corrected chi connectivity index (χ1v) is 9.70. The molecule has 0 atom stereocenters. The van der Waals surface area contributed by atoms with Crippen LogP contribution in [0.15, 0.2) is 48.5 Å². The topological polar surface area (TPSA) is 104 Å². The number of sulfonamides is 1. The average Bonchev–Trinajstić information content (AvgIpc) is 2.89. The highest BCUT2D eigenvalue weighted by atomic mass is 32.2. The van der Waals surface area contributed by atoms with Gasteiger partial charge in [-0.1, -0.05) is 24.3 Å². The Hall–Kier alpha value is -2.87. The van der Waals surface area contributed by atoms with Crippen LogP contribution in [0.2, 0.25) is 0 Å². The zero-order valence-electron chi connectivity index (χ0n) is 13.9. The molecule has 26 heavy (non-hydrogen) atoms. The number of rotatable bonds is 5. The third kappa shape index (κ3) is 3.70. The van der Waals surface area contributed by atoms with Gasteiger partial charge in [0.2, 0.25) is 15.9 Å². The second-order valence-electron chi connectivity index (χ2n) is 5.91. The summed E-state index contributed by atoms with van der Waals surface area (Å²) in [6.07, 6.45) is 0.399. The van der Waals surface area contributed by atoms with E-state index in [1.807, 2.05) is 0 Å². The maximum atomic E-state index is 12.3. The van der Waals surface area contributed by atoms with Crippen LogP contribution in [-0.2, 0) is 21.2 Å². The van der Waals surface area contributed by atoms with Gasteiger partial charge in [-0.2, -0.15) is 0 Å². The van der Waals surface area contributed by atoms with Crippen LogP contribution in [0, 0.1) is 0 Å². The van der Waals surface area contributed by atoms with Crippen LogP contribution < -0.4 is 9.62 Å². The van der Waals surface area contributed by atoms with E-state index >= 15 is 0 Å². The number of phenols is 1. The number of anilines is 1. The predicted molar refractivity (Wildman–Crippen MR) is 96.5 cm³/mol. The minimum Gasteiger partial charge on any atom is -0.508 e. The van der Waals surface area contributed by atoms with Gasteiger partial charge in [0.05, 0.1) is 11.4 Å². The van der Waals surface area contributed by atoms with Gasteiger partial charge >= 0.3 is 0 Å². The lowest BCUT2D eigenvalue weighted by atomic mass is 10.1. The number of hydrogen-bond acceptors (Lipinski definition) is 5. The Bertz CT molecular complexity index is 956. The van der Waals surface area contributed by atoms with Crippen molar-refractivity contribution >= 4 is 27.5 Å². The van der Waals surface area contributed by atoms with Gasteiger partial charge in [-0.15, -0.1) is 0 Å². The summed E-state index contributed by atoms with van der Waals surface area (Å²) in [5, 5.41) is 12.4. The second kappa shape index (κ2) is 7.17. The Morgan fingerprint density at radius 3 is 2.62 bits per heavy atom. The molecule has 1 saturated heterocycles. The van der Waals surface area contributed by atoms with Crippen LogP contribution in [-0.4, -0.2) is 37.6 Å². The number of carbonyl (C=O) groups is 2. The van der Waals surface area contributed by atoms with Gasteiger partial charge in [0.25, 0.3) is 5.91 Å². The maximum absolute atomic E-state index is 12.3. The summed E-state index contributed by atoms with van der Waals surface area (Å²) in [5.41, 5.74) is 1.14. The molecule has 7 nitrogen and oxygen atoms in total. The molecular weight excluding hydrogens is 356 g/mol. The van der Waals surface area contributed by atoms with E-state index in [2.05, 4.69) is 5.32 Å². The lowest BCUT2D eigenvalue weighted by Crippen LogP contribution is -2.30. The van der Waals surface area contributed by atoms with Gasteiger partial charge in [0.15, 0.2) is 0 Å². The molecular formula is C18H18N2O5S. The van der Waals surface area contributed by atoms with E-state index in [0.717, 1.165) is 9.87 Å². The van der Waals surface area contributed by atoms with Crippen molar-refractivity contribution in [1.82, 2.24) is 5.32 Å². The molecule has 0 bridgehead atoms. The Balaban J connectivity index is 1.69. The number of carbonyl (C=O) groups excluding carboxylic acids is 2. The first-order chi connectivity index (χ1) is 12.4. The number of aromatic hydroxyl groups is 1. The van der Waals surface area contributed by atoms with Crippen molar-refractivity contribution in [3.05, 3.63) is 59.7 Å². The normalized spacial score (nSPS) is 15.8. The Morgan fingerprint density at radius 2 is 1.92 bits per heavy atom. The van der Waals surface area contributed by atoms with Crippen molar-refractivity contribution in [2.24, 2.45) is 0 Å². The lowest BCUT2D eigenvalue weighted by molar-refractivity contribution is -0.116. The molecule has 3 rings (SSSR count). The second-order valence-corrected chi connectivity index (χ2v) is 7.85. The number of benzene rings is 2. The number of para-hydroxylation sites is 1. The first-order valence-electron chi connectivity index (χ1n) is 8.09. The van der Waals surface area contributed by atoms with Crippen molar-refractivity contribution in [1.29, 1.82) is 0 Å². The minimum atomic E-state index is -3.67. The summed E-state index contributed by atoms with van der Waals surface area (Å²) < 4.78 is 24.7. The van der Waals surface area contributed by atoms with Crippen molar-refractivity contribution in [3.63, 3.8) is 0 Å². The molecule has 2 aromatic rings. The zero-order chi connectivity index (χ0) is 18.7. The van der Waals surface area contributed by atoms with E-state index in [1.54, 1.807) is 30.3 Å². The maximum Gasteiger partial charge on any atom is 0.251 e. The number of phenolic OH excluding ortho intramolecular Hbond substituents is 1. The molecule has 2 amide bonds. The summed E-state index contributed by atoms with van der Waals surface area (Å²) in [6.45, 7) is 0.307. The van der Waals surface area contributed by atoms with Crippen molar-refractivity contribution in [3.8, 4) is 5.75 Å². The van der Waals surface area contributed by atoms with Crippen LogP contribution in [0.3, 0.4) is 0 Å². The molecule has 2 N–H and O–H groups in total. The summed E-state index contributed by atoms with van der Waals surface area (Å²) in [5.74, 6) is -0.932. The smallest absolute Gasteiger partial charge is 0.251 e. The molecule has 0 aliphatic carbocycles. The fourth-order valence-electron chi connectivity index (χ4n) is 2.78. The standard InChI is InChI=1S/C18H18N2O5S/c21-16-7-2-1-4-13(16)8-10-19-18(23)14-5-3-6-15(12-14)20-17(22)9-11-26(20,24)25/h1-7,12,21H,8-11H2,(H,19,23). The van der Waals surface area contributed by atoms with Gasteiger partial charge in [0, 0.05) is 18.5 Å². The molecule has 0 unspecified atom stereocenters. The van der Waals surface area contributed by atoms with Crippen LogP contribution in [0.5, 0.6) is 5.75 Å². The summed E-state index contributed by atoms with van der Waals surface area (Å²) in [7, 11) is -3.67. The van der Waals surface area contributed by atoms with Gasteiger partial charge in [-0.05, 0) is 36.2 Å². The molecule has 0 saturated carbocycles. The van der Waals surface area contributed by atoms with E-state index in [0.29, 0.717) is 13.0 Å². The van der Waals surface area contributed by atoms with E-state index in [9.17, 15) is 23.1 Å². The SMILES string of the molecule is O=C(NCCc1ccccc1O)c1cccc(N2C(=O)CCS2(=O)=O)c1. The van der Waals surface area contributed by atoms with E-state index in [1.165, 1.54) is 18.2 Å². The Kier molecular flexibility index (Phi) is 4.94. The highest BCUT2D eigenvalue weighted by Crippen LogP contribution is 2.25. The molecule has 0 aromatic heterocycles. The molecule has 0 spiro atoms. The van der Waals surface area contributed by atoms with Crippen molar-refractivity contribution in [2.45, 2.75) is 12.8 Å². The first kappa shape index (κ1) is 17.9. The highest BCUT2D eigenvalue weighted by molar-refractivity contribution is 7.94. The summed E-state index contributed by atoms with van der Waals surface area (Å²) >= 11 is 0. The molecule has 8 heteroatoms. The van der Waals surface area contributed by atoms with Gasteiger partial charge < -0.3 is 10.4 Å². The lowest BCUT2D eigenvalue weighted by Gasteiger charge is -2.15. The zero-order valence-corrected chi connectivity index (χ0v) is 14.7. The number of nitrogens with zero attached hydrogens (tertiary/aromatic N) is 1. The highest BCUT2D eigenvalue weighted by Gasteiger charge is 2.36. The molecule has 1 aliphatic rings. The van der Waals surface area contributed by atoms with Crippen molar-refractivity contribution in [2.75, 3.05) is 16.6 Å². The van der Waals surface area contributed by atoms with Crippen LogP contribution in [0.4, 0.5) is 5.69 Å². The van der Waals surface area contributed by atoms with E-state index < -0.39 is 15.9 Å². The van der Waals surface area contributed by atoms with E-state index in [-0.39, 0.29) is 35.1 Å². The third-order valence-electron chi connectivity index (χ3n) is 4.09. The van der Waals surface area contributed by atoms with Gasteiger partial charge in [-0.3, -0.25) is 9.59 Å². The number of amides is 2. The molecule has 136 valence electrons. The van der Waals surface area contributed by atoms with Crippen LogP contribution >= 0.6 is 0 Å². The molecule has 0 radical (unpaired) electrons. The van der Waals surface area contributed by atoms with Crippen LogP contribution in [0.1, 0.15) is 22.3 Å². The third-order valence-corrected chi connectivity index (χ3v) is 5.78. The van der Waals surface area contributed by atoms with Gasteiger partial charge in [0.1, 0.15) is 5.75 Å². The van der Waals surface area contributed by atoms with Crippen LogP contribution in [0.25, 0.3) is 0 Å². The monoisotopic (exact) mass is 374 g/mol. The van der Waals surface area contributed by atoms with E-state index in [4.69, 9.17) is 0 Å².